The van der Waals surface area contributed by atoms with Crippen LogP contribution in [0, 0.1) is 11.8 Å². The smallest absolute Gasteiger partial charge is 0.311 e. The summed E-state index contributed by atoms with van der Waals surface area (Å²) < 4.78 is 9.45. The maximum Gasteiger partial charge on any atom is 0.311 e. The van der Waals surface area contributed by atoms with Crippen molar-refractivity contribution >= 4 is 11.9 Å². The van der Waals surface area contributed by atoms with E-state index < -0.39 is 0 Å². The monoisotopic (exact) mass is 213 g/mol. The molecule has 2 fully saturated rings. The van der Waals surface area contributed by atoms with E-state index in [-0.39, 0.29) is 35.9 Å². The molecule has 4 atom stereocenters. The van der Waals surface area contributed by atoms with Crippen LogP contribution in [0.1, 0.15) is 12.8 Å². The number of carbonyl (C=O) groups is 2. The Balaban J connectivity index is 2.19. The summed E-state index contributed by atoms with van der Waals surface area (Å²) in [4.78, 5) is 23.1. The van der Waals surface area contributed by atoms with Crippen LogP contribution < -0.4 is 5.32 Å². The lowest BCUT2D eigenvalue weighted by Gasteiger charge is -2.24. The highest BCUT2D eigenvalue weighted by molar-refractivity contribution is 5.84. The fraction of sp³-hybridized carbons (Fsp3) is 0.800. The summed E-state index contributed by atoms with van der Waals surface area (Å²) in [5.41, 5.74) is 0. The molecule has 0 saturated carbocycles. The van der Waals surface area contributed by atoms with Crippen LogP contribution in [-0.4, -0.2) is 38.2 Å². The molecule has 5 heteroatoms. The first-order chi connectivity index (χ1) is 7.19. The number of rotatable bonds is 2. The molecule has 0 amide bonds. The minimum absolute atomic E-state index is 0.0755. The second kappa shape index (κ2) is 3.81. The second-order valence-electron chi connectivity index (χ2n) is 4.05. The molecule has 1 N–H and O–H groups in total. The van der Waals surface area contributed by atoms with E-state index in [0.717, 1.165) is 12.8 Å². The first-order valence-electron chi connectivity index (χ1n) is 5.10. The van der Waals surface area contributed by atoms with E-state index in [1.54, 1.807) is 0 Å². The SMILES string of the molecule is COC(=O)[C@@H]1[C@@H](C(=O)OC)[C@@H]2CC[C@@H]1N2. The van der Waals surface area contributed by atoms with E-state index in [1.807, 2.05) is 0 Å². The van der Waals surface area contributed by atoms with Crippen molar-refractivity contribution in [3.63, 3.8) is 0 Å². The third-order valence-electron chi connectivity index (χ3n) is 3.42. The molecule has 0 radical (unpaired) electrons. The number of ether oxygens (including phenoxy) is 2. The van der Waals surface area contributed by atoms with E-state index in [4.69, 9.17) is 9.47 Å². The van der Waals surface area contributed by atoms with Crippen LogP contribution in [0.3, 0.4) is 0 Å². The number of methoxy groups -OCH3 is 2. The van der Waals surface area contributed by atoms with Gasteiger partial charge in [0.1, 0.15) is 0 Å². The van der Waals surface area contributed by atoms with Gasteiger partial charge in [0, 0.05) is 12.1 Å². The standard InChI is InChI=1S/C10H15NO4/c1-14-9(12)7-5-3-4-6(11-5)8(7)10(13)15-2/h5-8,11H,3-4H2,1-2H3/t5-,6-,7-,8-/m0/s1. The van der Waals surface area contributed by atoms with E-state index in [0.29, 0.717) is 0 Å². The van der Waals surface area contributed by atoms with Gasteiger partial charge in [-0.3, -0.25) is 9.59 Å². The highest BCUT2D eigenvalue weighted by atomic mass is 16.5. The molecular weight excluding hydrogens is 198 g/mol. The van der Waals surface area contributed by atoms with Crippen molar-refractivity contribution in [3.05, 3.63) is 0 Å². The number of hydrogen-bond donors (Lipinski definition) is 1. The number of carbonyl (C=O) groups excluding carboxylic acids is 2. The molecule has 5 nitrogen and oxygen atoms in total. The van der Waals surface area contributed by atoms with Crippen molar-refractivity contribution in [3.8, 4) is 0 Å². The second-order valence-corrected chi connectivity index (χ2v) is 4.05. The van der Waals surface area contributed by atoms with Gasteiger partial charge in [0.25, 0.3) is 0 Å². The summed E-state index contributed by atoms with van der Waals surface area (Å²) in [7, 11) is 2.70. The fourth-order valence-corrected chi connectivity index (χ4v) is 2.76. The lowest BCUT2D eigenvalue weighted by atomic mass is 9.79. The number of hydrogen-bond acceptors (Lipinski definition) is 5. The minimum atomic E-state index is -0.374. The molecule has 2 bridgehead atoms. The lowest BCUT2D eigenvalue weighted by Crippen LogP contribution is -2.39. The Bertz CT molecular complexity index is 263. The third kappa shape index (κ3) is 1.51. The molecule has 15 heavy (non-hydrogen) atoms. The summed E-state index contributed by atoms with van der Waals surface area (Å²) in [6.45, 7) is 0. The summed E-state index contributed by atoms with van der Waals surface area (Å²) in [6, 6.07) is 0.151. The van der Waals surface area contributed by atoms with Gasteiger partial charge < -0.3 is 14.8 Å². The molecule has 0 aliphatic carbocycles. The Hall–Kier alpha value is -1.10. The summed E-state index contributed by atoms with van der Waals surface area (Å²) in [5.74, 6) is -1.38. The Labute approximate surface area is 88.1 Å². The highest BCUT2D eigenvalue weighted by Gasteiger charge is 2.54. The van der Waals surface area contributed by atoms with Gasteiger partial charge in [-0.2, -0.15) is 0 Å². The van der Waals surface area contributed by atoms with Gasteiger partial charge in [-0.1, -0.05) is 0 Å². The van der Waals surface area contributed by atoms with Crippen LogP contribution in [0.5, 0.6) is 0 Å². The zero-order valence-electron chi connectivity index (χ0n) is 8.86. The van der Waals surface area contributed by atoms with Gasteiger partial charge in [0.05, 0.1) is 26.1 Å². The summed E-state index contributed by atoms with van der Waals surface area (Å²) in [5, 5.41) is 3.26. The fourth-order valence-electron chi connectivity index (χ4n) is 2.76. The molecule has 84 valence electrons. The molecule has 2 heterocycles. The van der Waals surface area contributed by atoms with Crippen LogP contribution in [-0.2, 0) is 19.1 Å². The lowest BCUT2D eigenvalue weighted by molar-refractivity contribution is -0.157. The third-order valence-corrected chi connectivity index (χ3v) is 3.42. The van der Waals surface area contributed by atoms with Crippen LogP contribution in [0.25, 0.3) is 0 Å². The largest absolute Gasteiger partial charge is 0.469 e. The van der Waals surface area contributed by atoms with Crippen LogP contribution in [0.2, 0.25) is 0 Å². The maximum atomic E-state index is 11.6. The number of fused-ring (bicyclic) bond motifs is 2. The molecule has 0 unspecified atom stereocenters. The maximum absolute atomic E-state index is 11.6. The van der Waals surface area contributed by atoms with Crippen LogP contribution >= 0.6 is 0 Å². The predicted molar refractivity (Wildman–Crippen MR) is 51.0 cm³/mol. The molecular formula is C10H15NO4. The molecule has 2 rings (SSSR count). The molecule has 0 aromatic rings. The Kier molecular flexibility index (Phi) is 2.65. The zero-order valence-corrected chi connectivity index (χ0v) is 8.86. The first kappa shape index (κ1) is 10.4. The van der Waals surface area contributed by atoms with Gasteiger partial charge in [-0.05, 0) is 12.8 Å². The molecule has 0 aromatic carbocycles. The van der Waals surface area contributed by atoms with E-state index in [2.05, 4.69) is 5.32 Å². The van der Waals surface area contributed by atoms with Crippen molar-refractivity contribution < 1.29 is 19.1 Å². The van der Waals surface area contributed by atoms with Crippen molar-refractivity contribution in [2.75, 3.05) is 14.2 Å². The molecule has 0 spiro atoms. The van der Waals surface area contributed by atoms with Crippen LogP contribution in [0.15, 0.2) is 0 Å². The van der Waals surface area contributed by atoms with Gasteiger partial charge in [0.2, 0.25) is 0 Å². The van der Waals surface area contributed by atoms with Crippen molar-refractivity contribution in [1.82, 2.24) is 5.32 Å². The first-order valence-corrected chi connectivity index (χ1v) is 5.10. The summed E-state index contributed by atoms with van der Waals surface area (Å²) >= 11 is 0. The van der Waals surface area contributed by atoms with Gasteiger partial charge in [-0.15, -0.1) is 0 Å². The van der Waals surface area contributed by atoms with Gasteiger partial charge in [0.15, 0.2) is 0 Å². The van der Waals surface area contributed by atoms with Crippen molar-refractivity contribution in [2.24, 2.45) is 11.8 Å². The molecule has 0 aromatic heterocycles. The summed E-state index contributed by atoms with van der Waals surface area (Å²) in [6.07, 6.45) is 1.86. The topological polar surface area (TPSA) is 64.6 Å². The Morgan fingerprint density at radius 1 is 1.00 bits per heavy atom. The van der Waals surface area contributed by atoms with Crippen molar-refractivity contribution in [1.29, 1.82) is 0 Å². The normalized spacial score (nSPS) is 37.7. The predicted octanol–water partition coefficient (Wildman–Crippen LogP) is -0.301. The minimum Gasteiger partial charge on any atom is -0.469 e. The average Bonchev–Trinajstić information content (AvgIpc) is 2.86. The average molecular weight is 213 g/mol. The highest BCUT2D eigenvalue weighted by Crippen LogP contribution is 2.39. The molecule has 2 saturated heterocycles. The number of nitrogens with one attached hydrogen (secondary N) is 1. The van der Waals surface area contributed by atoms with E-state index in [1.165, 1.54) is 14.2 Å². The van der Waals surface area contributed by atoms with Gasteiger partial charge >= 0.3 is 11.9 Å². The quantitative estimate of drug-likeness (QED) is 0.638. The molecule has 2 aliphatic rings. The molecule has 2 aliphatic heterocycles. The van der Waals surface area contributed by atoms with E-state index in [9.17, 15) is 9.59 Å². The Morgan fingerprint density at radius 2 is 1.40 bits per heavy atom. The zero-order chi connectivity index (χ0) is 11.0. The van der Waals surface area contributed by atoms with Crippen molar-refractivity contribution in [2.45, 2.75) is 24.9 Å². The Morgan fingerprint density at radius 3 is 1.73 bits per heavy atom. The van der Waals surface area contributed by atoms with E-state index >= 15 is 0 Å². The van der Waals surface area contributed by atoms with Crippen LogP contribution in [0.4, 0.5) is 0 Å². The van der Waals surface area contributed by atoms with Gasteiger partial charge in [-0.25, -0.2) is 0 Å². The number of esters is 2.